The number of nitrogens with one attached hydrogen (secondary N) is 1. The number of aromatic nitrogens is 2. The van der Waals surface area contributed by atoms with Crippen LogP contribution in [-0.4, -0.2) is 42.3 Å². The Hall–Kier alpha value is -1.36. The molecule has 1 aromatic heterocycles. The number of rotatable bonds is 3. The van der Waals surface area contributed by atoms with Gasteiger partial charge in [-0.1, -0.05) is 0 Å². The molecule has 0 aromatic carbocycles. The summed E-state index contributed by atoms with van der Waals surface area (Å²) in [5, 5.41) is 3.39. The average Bonchev–Trinajstić information content (AvgIpc) is 3.15. The summed E-state index contributed by atoms with van der Waals surface area (Å²) in [6.45, 7) is 3.41. The maximum Gasteiger partial charge on any atom is 0.134 e. The first kappa shape index (κ1) is 9.84. The molecular weight excluding hydrogens is 204 g/mol. The highest BCUT2D eigenvalue weighted by Crippen LogP contribution is 2.24. The maximum absolute atomic E-state index is 5.33. The van der Waals surface area contributed by atoms with E-state index in [2.05, 4.69) is 20.2 Å². The standard InChI is InChI=1S/C11H16N4O/c1-2-9(1)14-10-7-11(13-8-12-10)15-3-5-16-6-4-15/h7-9H,1-6H2,(H,12,13,14). The fourth-order valence-corrected chi connectivity index (χ4v) is 1.83. The summed E-state index contributed by atoms with van der Waals surface area (Å²) in [7, 11) is 0. The van der Waals surface area contributed by atoms with Crippen LogP contribution in [0.25, 0.3) is 0 Å². The zero-order chi connectivity index (χ0) is 10.8. The summed E-state index contributed by atoms with van der Waals surface area (Å²) < 4.78 is 5.33. The molecule has 5 nitrogen and oxygen atoms in total. The smallest absolute Gasteiger partial charge is 0.134 e. The Morgan fingerprint density at radius 2 is 2.06 bits per heavy atom. The Labute approximate surface area is 94.8 Å². The molecule has 0 amide bonds. The highest BCUT2D eigenvalue weighted by molar-refractivity contribution is 5.49. The van der Waals surface area contributed by atoms with Crippen LogP contribution >= 0.6 is 0 Å². The Kier molecular flexibility index (Phi) is 2.61. The number of ether oxygens (including phenoxy) is 1. The minimum atomic E-state index is 0.632. The lowest BCUT2D eigenvalue weighted by atomic mass is 10.4. The normalized spacial score (nSPS) is 20.9. The summed E-state index contributed by atoms with van der Waals surface area (Å²) in [5.74, 6) is 1.94. The van der Waals surface area contributed by atoms with Gasteiger partial charge in [-0.3, -0.25) is 0 Å². The van der Waals surface area contributed by atoms with Crippen molar-refractivity contribution in [2.75, 3.05) is 36.5 Å². The van der Waals surface area contributed by atoms with Crippen molar-refractivity contribution in [2.45, 2.75) is 18.9 Å². The monoisotopic (exact) mass is 220 g/mol. The summed E-state index contributed by atoms with van der Waals surface area (Å²) in [6.07, 6.45) is 4.16. The van der Waals surface area contributed by atoms with Crippen LogP contribution in [0.3, 0.4) is 0 Å². The van der Waals surface area contributed by atoms with Crippen LogP contribution < -0.4 is 10.2 Å². The van der Waals surface area contributed by atoms with Crippen molar-refractivity contribution in [3.8, 4) is 0 Å². The van der Waals surface area contributed by atoms with Gasteiger partial charge in [-0.25, -0.2) is 9.97 Å². The summed E-state index contributed by atoms with van der Waals surface area (Å²) in [6, 6.07) is 2.66. The Morgan fingerprint density at radius 3 is 2.81 bits per heavy atom. The van der Waals surface area contributed by atoms with Crippen molar-refractivity contribution >= 4 is 11.6 Å². The Bertz CT molecular complexity index is 361. The van der Waals surface area contributed by atoms with E-state index in [4.69, 9.17) is 4.74 Å². The Morgan fingerprint density at radius 1 is 1.25 bits per heavy atom. The second-order valence-corrected chi connectivity index (χ2v) is 4.28. The van der Waals surface area contributed by atoms with Crippen molar-refractivity contribution in [1.29, 1.82) is 0 Å². The third kappa shape index (κ3) is 2.24. The zero-order valence-electron chi connectivity index (χ0n) is 9.22. The molecule has 3 rings (SSSR count). The molecule has 1 N–H and O–H groups in total. The molecule has 0 atom stereocenters. The highest BCUT2D eigenvalue weighted by atomic mass is 16.5. The van der Waals surface area contributed by atoms with E-state index in [0.717, 1.165) is 37.9 Å². The van der Waals surface area contributed by atoms with Crippen LogP contribution in [0.15, 0.2) is 12.4 Å². The molecule has 1 saturated heterocycles. The largest absolute Gasteiger partial charge is 0.378 e. The van der Waals surface area contributed by atoms with Gasteiger partial charge in [0.1, 0.15) is 18.0 Å². The van der Waals surface area contributed by atoms with Gasteiger partial charge in [-0.2, -0.15) is 0 Å². The molecule has 0 unspecified atom stereocenters. The van der Waals surface area contributed by atoms with Gasteiger partial charge in [-0.05, 0) is 12.8 Å². The van der Waals surface area contributed by atoms with Crippen molar-refractivity contribution in [3.63, 3.8) is 0 Å². The van der Waals surface area contributed by atoms with E-state index in [1.807, 2.05) is 6.07 Å². The first-order valence-electron chi connectivity index (χ1n) is 5.83. The second kappa shape index (κ2) is 4.25. The highest BCUT2D eigenvalue weighted by Gasteiger charge is 2.21. The minimum Gasteiger partial charge on any atom is -0.378 e. The molecule has 1 aliphatic heterocycles. The topological polar surface area (TPSA) is 50.3 Å². The number of nitrogens with zero attached hydrogens (tertiary/aromatic N) is 3. The molecular formula is C11H16N4O. The second-order valence-electron chi connectivity index (χ2n) is 4.28. The van der Waals surface area contributed by atoms with E-state index in [1.54, 1.807) is 6.33 Å². The van der Waals surface area contributed by atoms with E-state index in [1.165, 1.54) is 12.8 Å². The lowest BCUT2D eigenvalue weighted by Crippen LogP contribution is -2.36. The molecule has 2 heterocycles. The predicted octanol–water partition coefficient (Wildman–Crippen LogP) is 0.887. The first-order chi connectivity index (χ1) is 7.92. The quantitative estimate of drug-likeness (QED) is 0.819. The third-order valence-corrected chi connectivity index (χ3v) is 2.92. The predicted molar refractivity (Wildman–Crippen MR) is 61.7 cm³/mol. The molecule has 5 heteroatoms. The summed E-state index contributed by atoms with van der Waals surface area (Å²) >= 11 is 0. The summed E-state index contributed by atoms with van der Waals surface area (Å²) in [4.78, 5) is 10.8. The third-order valence-electron chi connectivity index (χ3n) is 2.92. The lowest BCUT2D eigenvalue weighted by Gasteiger charge is -2.27. The zero-order valence-corrected chi connectivity index (χ0v) is 9.22. The number of hydrogen-bond acceptors (Lipinski definition) is 5. The van der Waals surface area contributed by atoms with Gasteiger partial charge in [0.25, 0.3) is 0 Å². The van der Waals surface area contributed by atoms with Crippen LogP contribution in [0.4, 0.5) is 11.6 Å². The van der Waals surface area contributed by atoms with Gasteiger partial charge < -0.3 is 15.0 Å². The fraction of sp³-hybridized carbons (Fsp3) is 0.636. The first-order valence-corrected chi connectivity index (χ1v) is 5.83. The van der Waals surface area contributed by atoms with Crippen molar-refractivity contribution < 1.29 is 4.74 Å². The molecule has 0 radical (unpaired) electrons. The van der Waals surface area contributed by atoms with Crippen LogP contribution in [0.2, 0.25) is 0 Å². The molecule has 1 saturated carbocycles. The van der Waals surface area contributed by atoms with Crippen LogP contribution in [-0.2, 0) is 4.74 Å². The number of anilines is 2. The lowest BCUT2D eigenvalue weighted by molar-refractivity contribution is 0.122. The molecule has 1 aliphatic carbocycles. The number of hydrogen-bond donors (Lipinski definition) is 1. The van der Waals surface area contributed by atoms with E-state index in [0.29, 0.717) is 6.04 Å². The Balaban J connectivity index is 1.72. The van der Waals surface area contributed by atoms with E-state index in [-0.39, 0.29) is 0 Å². The van der Waals surface area contributed by atoms with Gasteiger partial charge in [-0.15, -0.1) is 0 Å². The van der Waals surface area contributed by atoms with Gasteiger partial charge in [0.05, 0.1) is 13.2 Å². The van der Waals surface area contributed by atoms with Crippen molar-refractivity contribution in [2.24, 2.45) is 0 Å². The molecule has 0 bridgehead atoms. The SMILES string of the molecule is c1nc(NC2CC2)cc(N2CCOCC2)n1. The molecule has 1 aromatic rings. The maximum atomic E-state index is 5.33. The van der Waals surface area contributed by atoms with Gasteiger partial charge >= 0.3 is 0 Å². The van der Waals surface area contributed by atoms with Crippen molar-refractivity contribution in [3.05, 3.63) is 12.4 Å². The van der Waals surface area contributed by atoms with E-state index in [9.17, 15) is 0 Å². The van der Waals surface area contributed by atoms with Crippen molar-refractivity contribution in [1.82, 2.24) is 9.97 Å². The van der Waals surface area contributed by atoms with Crippen LogP contribution in [0.5, 0.6) is 0 Å². The van der Waals surface area contributed by atoms with E-state index < -0.39 is 0 Å². The molecule has 0 spiro atoms. The fourth-order valence-electron chi connectivity index (χ4n) is 1.83. The molecule has 2 aliphatic rings. The van der Waals surface area contributed by atoms with E-state index >= 15 is 0 Å². The summed E-state index contributed by atoms with van der Waals surface area (Å²) in [5.41, 5.74) is 0. The molecule has 2 fully saturated rings. The number of morpholine rings is 1. The minimum absolute atomic E-state index is 0.632. The molecule has 16 heavy (non-hydrogen) atoms. The molecule has 86 valence electrons. The van der Waals surface area contributed by atoms with Crippen LogP contribution in [0, 0.1) is 0 Å². The van der Waals surface area contributed by atoms with Gasteiger partial charge in [0.15, 0.2) is 0 Å². The van der Waals surface area contributed by atoms with Gasteiger partial charge in [0.2, 0.25) is 0 Å². The van der Waals surface area contributed by atoms with Crippen LogP contribution in [0.1, 0.15) is 12.8 Å². The van der Waals surface area contributed by atoms with Gasteiger partial charge in [0, 0.05) is 25.2 Å². The average molecular weight is 220 g/mol.